The van der Waals surface area contributed by atoms with Crippen LogP contribution in [-0.2, 0) is 14.9 Å². The largest absolute Gasteiger partial charge is 0.379 e. The van der Waals surface area contributed by atoms with E-state index >= 15 is 0 Å². The third-order valence-corrected chi connectivity index (χ3v) is 5.35. The Bertz CT molecular complexity index is 845. The molecule has 0 bridgehead atoms. The van der Waals surface area contributed by atoms with Crippen LogP contribution >= 0.6 is 15.9 Å². The van der Waals surface area contributed by atoms with Crippen LogP contribution in [0.25, 0.3) is 0 Å². The fourth-order valence-electron chi connectivity index (χ4n) is 1.99. The Balaban J connectivity index is 2.28. The summed E-state index contributed by atoms with van der Waals surface area (Å²) in [6.07, 6.45) is 0. The number of amides is 1. The molecule has 0 spiro atoms. The number of rotatable bonds is 4. The van der Waals surface area contributed by atoms with E-state index in [0.29, 0.717) is 11.3 Å². The zero-order valence-electron chi connectivity index (χ0n) is 12.9. The smallest absolute Gasteiger partial charge is 0.339 e. The standard InChI is InChI=1S/C16H16BrNO4S/c1-10-9-16(11(2)8-15(10)17)23(20,21)22-14-6-4-13(5-7-14)18-12(3)19/h4-9H,1-3H3,(H,18,19). The number of halogens is 1. The summed E-state index contributed by atoms with van der Waals surface area (Å²) in [5.74, 6) is -0.0219. The predicted molar refractivity (Wildman–Crippen MR) is 92.2 cm³/mol. The predicted octanol–water partition coefficient (Wildman–Crippen LogP) is 3.79. The second-order valence-corrected chi connectivity index (χ2v) is 7.48. The first-order chi connectivity index (χ1) is 10.7. The molecule has 1 N–H and O–H groups in total. The summed E-state index contributed by atoms with van der Waals surface area (Å²) in [5, 5.41) is 2.60. The average Bonchev–Trinajstić information content (AvgIpc) is 2.44. The number of hydrogen-bond donors (Lipinski definition) is 1. The summed E-state index contributed by atoms with van der Waals surface area (Å²) in [4.78, 5) is 11.1. The first-order valence-corrected chi connectivity index (χ1v) is 8.98. The lowest BCUT2D eigenvalue weighted by Gasteiger charge is -2.11. The molecule has 23 heavy (non-hydrogen) atoms. The van der Waals surface area contributed by atoms with Crippen molar-refractivity contribution in [2.24, 2.45) is 0 Å². The van der Waals surface area contributed by atoms with Crippen molar-refractivity contribution < 1.29 is 17.4 Å². The zero-order chi connectivity index (χ0) is 17.2. The molecular formula is C16H16BrNO4S. The van der Waals surface area contributed by atoms with Crippen molar-refractivity contribution >= 4 is 37.6 Å². The molecule has 0 aliphatic rings. The minimum atomic E-state index is -3.93. The molecule has 2 rings (SSSR count). The van der Waals surface area contributed by atoms with Gasteiger partial charge in [0.2, 0.25) is 5.91 Å². The highest BCUT2D eigenvalue weighted by Gasteiger charge is 2.20. The van der Waals surface area contributed by atoms with Gasteiger partial charge in [0, 0.05) is 17.1 Å². The van der Waals surface area contributed by atoms with E-state index < -0.39 is 10.1 Å². The van der Waals surface area contributed by atoms with Crippen LogP contribution in [0.1, 0.15) is 18.1 Å². The first kappa shape index (κ1) is 17.5. The van der Waals surface area contributed by atoms with E-state index in [0.717, 1.165) is 10.0 Å². The summed E-state index contributed by atoms with van der Waals surface area (Å²) in [6.45, 7) is 4.92. The highest BCUT2D eigenvalue weighted by Crippen LogP contribution is 2.27. The third kappa shape index (κ3) is 4.33. The maximum absolute atomic E-state index is 12.4. The molecule has 2 aromatic carbocycles. The van der Waals surface area contributed by atoms with Gasteiger partial charge in [-0.3, -0.25) is 4.79 Å². The number of nitrogens with one attached hydrogen (secondary N) is 1. The molecule has 0 aliphatic heterocycles. The number of carbonyl (C=O) groups excluding carboxylic acids is 1. The lowest BCUT2D eigenvalue weighted by atomic mass is 10.2. The molecule has 0 aliphatic carbocycles. The van der Waals surface area contributed by atoms with Crippen LogP contribution in [0.15, 0.2) is 45.8 Å². The molecule has 0 radical (unpaired) electrons. The van der Waals surface area contributed by atoms with Gasteiger partial charge in [-0.1, -0.05) is 15.9 Å². The van der Waals surface area contributed by atoms with Gasteiger partial charge in [0.05, 0.1) is 0 Å². The number of aryl methyl sites for hydroxylation is 2. The van der Waals surface area contributed by atoms with E-state index in [9.17, 15) is 13.2 Å². The maximum atomic E-state index is 12.4. The molecule has 5 nitrogen and oxygen atoms in total. The van der Waals surface area contributed by atoms with Gasteiger partial charge in [-0.15, -0.1) is 0 Å². The van der Waals surface area contributed by atoms with Crippen molar-refractivity contribution in [1.82, 2.24) is 0 Å². The van der Waals surface area contributed by atoms with Gasteiger partial charge in [0.15, 0.2) is 0 Å². The van der Waals surface area contributed by atoms with Gasteiger partial charge in [0.1, 0.15) is 10.6 Å². The molecule has 1 amide bonds. The Kier molecular flexibility index (Phi) is 5.11. The topological polar surface area (TPSA) is 72.5 Å². The van der Waals surface area contributed by atoms with Crippen LogP contribution in [0.2, 0.25) is 0 Å². The van der Waals surface area contributed by atoms with E-state index in [1.54, 1.807) is 31.2 Å². The Labute approximate surface area is 143 Å². The van der Waals surface area contributed by atoms with E-state index in [-0.39, 0.29) is 16.6 Å². The zero-order valence-corrected chi connectivity index (χ0v) is 15.3. The molecule has 0 heterocycles. The summed E-state index contributed by atoms with van der Waals surface area (Å²) < 4.78 is 30.9. The van der Waals surface area contributed by atoms with Crippen molar-refractivity contribution in [3.63, 3.8) is 0 Å². The van der Waals surface area contributed by atoms with E-state index in [1.807, 2.05) is 6.92 Å². The van der Waals surface area contributed by atoms with Gasteiger partial charge in [-0.25, -0.2) is 0 Å². The normalized spacial score (nSPS) is 11.1. The van der Waals surface area contributed by atoms with Crippen molar-refractivity contribution in [2.45, 2.75) is 25.7 Å². The molecule has 0 saturated carbocycles. The van der Waals surface area contributed by atoms with Crippen molar-refractivity contribution in [3.05, 3.63) is 52.0 Å². The van der Waals surface area contributed by atoms with Crippen LogP contribution in [0.5, 0.6) is 5.75 Å². The Morgan fingerprint density at radius 3 is 2.26 bits per heavy atom. The summed E-state index contributed by atoms with van der Waals surface area (Å²) >= 11 is 3.37. The molecule has 7 heteroatoms. The molecule has 2 aromatic rings. The number of carbonyl (C=O) groups is 1. The molecule has 122 valence electrons. The number of hydrogen-bond acceptors (Lipinski definition) is 4. The first-order valence-electron chi connectivity index (χ1n) is 6.78. The third-order valence-electron chi connectivity index (χ3n) is 3.11. The van der Waals surface area contributed by atoms with Crippen molar-refractivity contribution in [3.8, 4) is 5.75 Å². The minimum Gasteiger partial charge on any atom is -0.379 e. The molecule has 0 atom stereocenters. The molecule has 0 saturated heterocycles. The van der Waals surface area contributed by atoms with Gasteiger partial charge in [-0.05, 0) is 61.4 Å². The van der Waals surface area contributed by atoms with Crippen LogP contribution in [-0.4, -0.2) is 14.3 Å². The van der Waals surface area contributed by atoms with Gasteiger partial charge in [0.25, 0.3) is 0 Å². The molecule has 0 unspecified atom stereocenters. The summed E-state index contributed by atoms with van der Waals surface area (Å²) in [5.41, 5.74) is 1.97. The second-order valence-electron chi connectivity index (χ2n) is 5.11. The lowest BCUT2D eigenvalue weighted by molar-refractivity contribution is -0.114. The number of anilines is 1. The van der Waals surface area contributed by atoms with Crippen LogP contribution in [0.4, 0.5) is 5.69 Å². The van der Waals surface area contributed by atoms with Crippen molar-refractivity contribution in [1.29, 1.82) is 0 Å². The van der Waals surface area contributed by atoms with Crippen LogP contribution < -0.4 is 9.50 Å². The van der Waals surface area contributed by atoms with E-state index in [1.165, 1.54) is 19.1 Å². The monoisotopic (exact) mass is 397 g/mol. The van der Waals surface area contributed by atoms with Crippen molar-refractivity contribution in [2.75, 3.05) is 5.32 Å². The van der Waals surface area contributed by atoms with Gasteiger partial charge < -0.3 is 9.50 Å². The SMILES string of the molecule is CC(=O)Nc1ccc(OS(=O)(=O)c2cc(C)c(Br)cc2C)cc1. The summed E-state index contributed by atoms with van der Waals surface area (Å²) in [6, 6.07) is 9.44. The molecule has 0 aromatic heterocycles. The molecule has 0 fully saturated rings. The van der Waals surface area contributed by atoms with Gasteiger partial charge in [-0.2, -0.15) is 8.42 Å². The highest BCUT2D eigenvalue weighted by molar-refractivity contribution is 9.10. The average molecular weight is 398 g/mol. The summed E-state index contributed by atoms with van der Waals surface area (Å²) in [7, 11) is -3.93. The Hall–Kier alpha value is -1.86. The highest BCUT2D eigenvalue weighted by atomic mass is 79.9. The van der Waals surface area contributed by atoms with Crippen LogP contribution in [0, 0.1) is 13.8 Å². The fourth-order valence-corrected chi connectivity index (χ4v) is 3.68. The number of benzene rings is 2. The van der Waals surface area contributed by atoms with E-state index in [2.05, 4.69) is 21.2 Å². The lowest BCUT2D eigenvalue weighted by Crippen LogP contribution is -2.12. The van der Waals surface area contributed by atoms with Gasteiger partial charge >= 0.3 is 10.1 Å². The quantitative estimate of drug-likeness (QED) is 0.796. The fraction of sp³-hybridized carbons (Fsp3) is 0.188. The maximum Gasteiger partial charge on any atom is 0.339 e. The minimum absolute atomic E-state index is 0.129. The second kappa shape index (κ2) is 6.72. The van der Waals surface area contributed by atoms with E-state index in [4.69, 9.17) is 4.18 Å². The van der Waals surface area contributed by atoms with Crippen LogP contribution in [0.3, 0.4) is 0 Å². The Morgan fingerprint density at radius 1 is 1.09 bits per heavy atom. The molecular weight excluding hydrogens is 382 g/mol. The Morgan fingerprint density at radius 2 is 1.70 bits per heavy atom.